The number of carbonyl (C=O) groups is 1. The molecule has 1 aromatic heterocycles. The molecule has 1 heterocycles. The van der Waals surface area contributed by atoms with Crippen LogP contribution in [0.2, 0.25) is 0 Å². The molecule has 0 bridgehead atoms. The van der Waals surface area contributed by atoms with Gasteiger partial charge in [-0.25, -0.2) is 0 Å². The number of hydrogen-bond donors (Lipinski definition) is 2. The lowest BCUT2D eigenvalue weighted by Gasteiger charge is -2.08. The average Bonchev–Trinajstić information content (AvgIpc) is 2.27. The fraction of sp³-hybridized carbons (Fsp3) is 0.333. The number of hydrogen-bond acceptors (Lipinski definition) is 6. The number of rotatable bonds is 4. The maximum atomic E-state index is 10.9. The van der Waals surface area contributed by atoms with Crippen LogP contribution in [0.3, 0.4) is 0 Å². The van der Waals surface area contributed by atoms with E-state index < -0.39 is 0 Å². The number of carbonyl (C=O) groups excluding carboxylic acids is 1. The Kier molecular flexibility index (Phi) is 3.73. The highest BCUT2D eigenvalue weighted by Gasteiger charge is 2.05. The lowest BCUT2D eigenvalue weighted by Crippen LogP contribution is -2.16. The summed E-state index contributed by atoms with van der Waals surface area (Å²) in [6.45, 7) is 0.0147. The molecule has 0 fully saturated rings. The summed E-state index contributed by atoms with van der Waals surface area (Å²) in [5.41, 5.74) is 6.08. The number of aromatic nitrogens is 1. The molecule has 0 aliphatic carbocycles. The molecule has 0 radical (unpaired) electrons. The second-order valence-corrected chi connectivity index (χ2v) is 2.72. The summed E-state index contributed by atoms with van der Waals surface area (Å²) in [7, 11) is 2.81. The first-order valence-corrected chi connectivity index (χ1v) is 4.28. The van der Waals surface area contributed by atoms with Gasteiger partial charge in [-0.2, -0.15) is 4.98 Å². The molecule has 0 aliphatic rings. The Morgan fingerprint density at radius 3 is 2.87 bits per heavy atom. The van der Waals surface area contributed by atoms with E-state index in [1.165, 1.54) is 14.2 Å². The van der Waals surface area contributed by atoms with E-state index >= 15 is 0 Å². The van der Waals surface area contributed by atoms with Gasteiger partial charge in [0.2, 0.25) is 5.88 Å². The predicted molar refractivity (Wildman–Crippen MR) is 55.7 cm³/mol. The lowest BCUT2D eigenvalue weighted by molar-refractivity contribution is -0.138. The second-order valence-electron chi connectivity index (χ2n) is 2.72. The molecule has 0 aromatic carbocycles. The highest BCUT2D eigenvalue weighted by atomic mass is 16.5. The highest BCUT2D eigenvalue weighted by Crippen LogP contribution is 2.18. The van der Waals surface area contributed by atoms with Gasteiger partial charge in [0.1, 0.15) is 6.54 Å². The van der Waals surface area contributed by atoms with E-state index in [1.807, 2.05) is 0 Å². The lowest BCUT2D eigenvalue weighted by atomic mass is 10.4. The van der Waals surface area contributed by atoms with Crippen LogP contribution in [0.5, 0.6) is 5.88 Å². The van der Waals surface area contributed by atoms with Crippen molar-refractivity contribution in [2.24, 2.45) is 0 Å². The van der Waals surface area contributed by atoms with Gasteiger partial charge in [-0.1, -0.05) is 0 Å². The predicted octanol–water partition coefficient (Wildman–Crippen LogP) is 0.257. The summed E-state index contributed by atoms with van der Waals surface area (Å²) in [6, 6.07) is 3.28. The van der Waals surface area contributed by atoms with Gasteiger partial charge >= 0.3 is 5.97 Å². The Morgan fingerprint density at radius 2 is 2.27 bits per heavy atom. The van der Waals surface area contributed by atoms with E-state index in [4.69, 9.17) is 10.5 Å². The molecule has 6 nitrogen and oxygen atoms in total. The summed E-state index contributed by atoms with van der Waals surface area (Å²) in [5, 5.41) is 2.75. The largest absolute Gasteiger partial charge is 0.481 e. The van der Waals surface area contributed by atoms with Crippen LogP contribution in [-0.4, -0.2) is 31.7 Å². The molecular weight excluding hydrogens is 198 g/mol. The Morgan fingerprint density at radius 1 is 1.53 bits per heavy atom. The van der Waals surface area contributed by atoms with Gasteiger partial charge < -0.3 is 20.5 Å². The van der Waals surface area contributed by atoms with E-state index in [0.29, 0.717) is 17.4 Å². The van der Waals surface area contributed by atoms with Crippen LogP contribution in [0.1, 0.15) is 0 Å². The van der Waals surface area contributed by atoms with Gasteiger partial charge in [0.05, 0.1) is 19.9 Å². The van der Waals surface area contributed by atoms with Crippen LogP contribution in [0.25, 0.3) is 0 Å². The first kappa shape index (κ1) is 11.1. The third kappa shape index (κ3) is 3.01. The number of pyridine rings is 1. The van der Waals surface area contributed by atoms with Gasteiger partial charge in [0, 0.05) is 6.07 Å². The van der Waals surface area contributed by atoms with Crippen LogP contribution < -0.4 is 15.8 Å². The van der Waals surface area contributed by atoms with Crippen molar-refractivity contribution in [1.82, 2.24) is 4.98 Å². The van der Waals surface area contributed by atoms with Crippen molar-refractivity contribution in [3.8, 4) is 5.88 Å². The van der Waals surface area contributed by atoms with Crippen molar-refractivity contribution >= 4 is 17.5 Å². The zero-order valence-electron chi connectivity index (χ0n) is 8.61. The van der Waals surface area contributed by atoms with Crippen molar-refractivity contribution in [2.45, 2.75) is 0 Å². The number of methoxy groups -OCH3 is 2. The molecule has 0 saturated carbocycles. The molecule has 6 heteroatoms. The van der Waals surface area contributed by atoms with Crippen molar-refractivity contribution in [2.75, 3.05) is 31.8 Å². The Balaban J connectivity index is 2.70. The SMILES string of the molecule is COC(=O)CNc1nc(OC)ccc1N. The topological polar surface area (TPSA) is 86.5 Å². The third-order valence-corrected chi connectivity index (χ3v) is 1.74. The first-order valence-electron chi connectivity index (χ1n) is 4.28. The average molecular weight is 211 g/mol. The zero-order valence-corrected chi connectivity index (χ0v) is 8.61. The molecule has 0 amide bonds. The maximum Gasteiger partial charge on any atom is 0.325 e. The van der Waals surface area contributed by atoms with Gasteiger partial charge in [0.25, 0.3) is 0 Å². The molecule has 0 aliphatic heterocycles. The molecule has 1 rings (SSSR count). The van der Waals surface area contributed by atoms with Crippen LogP contribution in [0.15, 0.2) is 12.1 Å². The number of nitrogen functional groups attached to an aromatic ring is 1. The molecule has 15 heavy (non-hydrogen) atoms. The van der Waals surface area contributed by atoms with E-state index in [2.05, 4.69) is 15.0 Å². The zero-order chi connectivity index (χ0) is 11.3. The second kappa shape index (κ2) is 5.04. The molecule has 3 N–H and O–H groups in total. The Hall–Kier alpha value is -1.98. The fourth-order valence-electron chi connectivity index (χ4n) is 0.935. The van der Waals surface area contributed by atoms with Gasteiger partial charge in [-0.05, 0) is 6.07 Å². The molecule has 0 atom stereocenters. The molecule has 0 unspecified atom stereocenters. The number of nitrogens with two attached hydrogens (primary N) is 1. The Bertz CT molecular complexity index is 354. The number of anilines is 2. The quantitative estimate of drug-likeness (QED) is 0.694. The number of nitrogens with one attached hydrogen (secondary N) is 1. The molecular formula is C9H13N3O3. The summed E-state index contributed by atoms with van der Waals surface area (Å²) in [5.74, 6) is 0.440. The molecule has 0 spiro atoms. The number of ether oxygens (including phenoxy) is 2. The fourth-order valence-corrected chi connectivity index (χ4v) is 0.935. The normalized spacial score (nSPS) is 9.47. The van der Waals surface area contributed by atoms with Crippen molar-refractivity contribution < 1.29 is 14.3 Å². The maximum absolute atomic E-state index is 10.9. The van der Waals surface area contributed by atoms with E-state index in [0.717, 1.165) is 0 Å². The van der Waals surface area contributed by atoms with Gasteiger partial charge in [-0.15, -0.1) is 0 Å². The van der Waals surface area contributed by atoms with Crippen molar-refractivity contribution in [3.05, 3.63) is 12.1 Å². The molecule has 1 aromatic rings. The summed E-state index contributed by atoms with van der Waals surface area (Å²) < 4.78 is 9.39. The van der Waals surface area contributed by atoms with E-state index in [1.54, 1.807) is 12.1 Å². The minimum Gasteiger partial charge on any atom is -0.481 e. The first-order chi connectivity index (χ1) is 7.17. The van der Waals surface area contributed by atoms with Crippen LogP contribution in [-0.2, 0) is 9.53 Å². The van der Waals surface area contributed by atoms with E-state index in [-0.39, 0.29) is 12.5 Å². The summed E-state index contributed by atoms with van der Waals surface area (Å²) in [4.78, 5) is 14.9. The Labute approximate surface area is 87.4 Å². The smallest absolute Gasteiger partial charge is 0.325 e. The van der Waals surface area contributed by atoms with Gasteiger partial charge in [-0.3, -0.25) is 4.79 Å². The number of esters is 1. The van der Waals surface area contributed by atoms with Crippen LogP contribution in [0.4, 0.5) is 11.5 Å². The standard InChI is InChI=1S/C9H13N3O3/c1-14-7-4-3-6(10)9(12-7)11-5-8(13)15-2/h3-4H,5,10H2,1-2H3,(H,11,12). The molecule has 82 valence electrons. The summed E-state index contributed by atoms with van der Waals surface area (Å²) in [6.07, 6.45) is 0. The van der Waals surface area contributed by atoms with Crippen LogP contribution >= 0.6 is 0 Å². The van der Waals surface area contributed by atoms with E-state index in [9.17, 15) is 4.79 Å². The molecule has 0 saturated heterocycles. The monoisotopic (exact) mass is 211 g/mol. The van der Waals surface area contributed by atoms with Crippen molar-refractivity contribution in [3.63, 3.8) is 0 Å². The minimum atomic E-state index is -0.390. The van der Waals surface area contributed by atoms with Crippen LogP contribution in [0, 0.1) is 0 Å². The number of nitrogens with zero attached hydrogens (tertiary/aromatic N) is 1. The minimum absolute atomic E-state index is 0.0147. The summed E-state index contributed by atoms with van der Waals surface area (Å²) >= 11 is 0. The third-order valence-electron chi connectivity index (χ3n) is 1.74. The van der Waals surface area contributed by atoms with Gasteiger partial charge in [0.15, 0.2) is 5.82 Å². The highest BCUT2D eigenvalue weighted by molar-refractivity contribution is 5.76. The van der Waals surface area contributed by atoms with Crippen molar-refractivity contribution in [1.29, 1.82) is 0 Å².